The van der Waals surface area contributed by atoms with Crippen molar-refractivity contribution in [3.05, 3.63) is 0 Å². The molecule has 1 rings (SSSR count). The monoisotopic (exact) mass is 231 g/mol. The number of likely N-dealkylation sites (tertiary alicyclic amines) is 1. The van der Waals surface area contributed by atoms with E-state index in [1.54, 1.807) is 0 Å². The summed E-state index contributed by atoms with van der Waals surface area (Å²) in [6.45, 7) is 11.8. The number of nitrogens with zero attached hydrogens (tertiary/aromatic N) is 1. The Labute approximate surface area is 98.0 Å². The maximum atomic E-state index is 12.2. The van der Waals surface area contributed by atoms with E-state index in [1.807, 2.05) is 18.7 Å². The minimum absolute atomic E-state index is 0.0427. The van der Waals surface area contributed by atoms with Crippen molar-refractivity contribution in [1.29, 1.82) is 0 Å². The van der Waals surface area contributed by atoms with Gasteiger partial charge in [-0.3, -0.25) is 4.79 Å². The molecule has 1 amide bonds. The first-order chi connectivity index (χ1) is 6.70. The smallest absolute Gasteiger partial charge is 0.228 e. The van der Waals surface area contributed by atoms with Crippen molar-refractivity contribution in [2.45, 2.75) is 46.4 Å². The normalized spacial score (nSPS) is 25.7. The van der Waals surface area contributed by atoms with Gasteiger partial charge in [0.2, 0.25) is 5.91 Å². The van der Waals surface area contributed by atoms with Gasteiger partial charge in [0, 0.05) is 23.9 Å². The highest BCUT2D eigenvalue weighted by molar-refractivity contribution is 6.21. The van der Waals surface area contributed by atoms with Crippen LogP contribution in [0.2, 0.25) is 0 Å². The topological polar surface area (TPSA) is 20.3 Å². The van der Waals surface area contributed by atoms with E-state index in [0.29, 0.717) is 6.54 Å². The van der Waals surface area contributed by atoms with Crippen LogP contribution in [0.15, 0.2) is 0 Å². The SMILES string of the molecule is CCC(C)(C)C(=O)N1CC(Cl)C(C)(C)C1. The molecule has 15 heavy (non-hydrogen) atoms. The first-order valence-corrected chi connectivity index (χ1v) is 6.08. The number of hydrogen-bond acceptors (Lipinski definition) is 1. The molecule has 0 bridgehead atoms. The van der Waals surface area contributed by atoms with Gasteiger partial charge < -0.3 is 4.90 Å². The van der Waals surface area contributed by atoms with Crippen molar-refractivity contribution in [3.63, 3.8) is 0 Å². The molecule has 1 fully saturated rings. The van der Waals surface area contributed by atoms with Gasteiger partial charge in [-0.05, 0) is 6.42 Å². The molecule has 1 unspecified atom stereocenters. The summed E-state index contributed by atoms with van der Waals surface area (Å²) in [5, 5.41) is 0.0779. The highest BCUT2D eigenvalue weighted by atomic mass is 35.5. The van der Waals surface area contributed by atoms with Gasteiger partial charge >= 0.3 is 0 Å². The zero-order valence-electron chi connectivity index (χ0n) is 10.4. The highest BCUT2D eigenvalue weighted by Crippen LogP contribution is 2.36. The molecule has 0 aromatic carbocycles. The van der Waals surface area contributed by atoms with Crippen LogP contribution in [-0.2, 0) is 4.79 Å². The molecule has 0 aromatic heterocycles. The summed E-state index contributed by atoms with van der Waals surface area (Å²) in [4.78, 5) is 14.1. The van der Waals surface area contributed by atoms with Crippen LogP contribution >= 0.6 is 11.6 Å². The molecule has 0 radical (unpaired) electrons. The van der Waals surface area contributed by atoms with Crippen molar-refractivity contribution < 1.29 is 4.79 Å². The summed E-state index contributed by atoms with van der Waals surface area (Å²) in [5.74, 6) is 0.237. The van der Waals surface area contributed by atoms with Gasteiger partial charge in [-0.15, -0.1) is 11.6 Å². The summed E-state index contributed by atoms with van der Waals surface area (Å²) in [6, 6.07) is 0. The summed E-state index contributed by atoms with van der Waals surface area (Å²) in [5.41, 5.74) is -0.210. The van der Waals surface area contributed by atoms with Crippen molar-refractivity contribution in [2.24, 2.45) is 10.8 Å². The van der Waals surface area contributed by atoms with E-state index in [9.17, 15) is 4.79 Å². The van der Waals surface area contributed by atoms with E-state index in [-0.39, 0.29) is 22.1 Å². The van der Waals surface area contributed by atoms with Crippen molar-refractivity contribution in [3.8, 4) is 0 Å². The predicted octanol–water partition coefficient (Wildman–Crippen LogP) is 2.90. The maximum absolute atomic E-state index is 12.2. The van der Waals surface area contributed by atoms with Crippen LogP contribution in [0.4, 0.5) is 0 Å². The number of carbonyl (C=O) groups is 1. The van der Waals surface area contributed by atoms with Crippen LogP contribution in [0, 0.1) is 10.8 Å². The average Bonchev–Trinajstić information content (AvgIpc) is 2.40. The van der Waals surface area contributed by atoms with Gasteiger partial charge in [0.1, 0.15) is 0 Å². The Kier molecular flexibility index (Phi) is 3.39. The molecule has 3 heteroatoms. The molecule has 1 aliphatic rings. The molecule has 0 N–H and O–H groups in total. The summed E-state index contributed by atoms with van der Waals surface area (Å²) in [6.07, 6.45) is 0.871. The lowest BCUT2D eigenvalue weighted by Gasteiger charge is -2.29. The first kappa shape index (κ1) is 12.8. The van der Waals surface area contributed by atoms with Crippen molar-refractivity contribution in [1.82, 2.24) is 4.90 Å². The number of alkyl halides is 1. The molecule has 1 heterocycles. The number of rotatable bonds is 2. The lowest BCUT2D eigenvalue weighted by atomic mass is 9.88. The molecule has 1 saturated heterocycles. The van der Waals surface area contributed by atoms with Gasteiger partial charge in [0.05, 0.1) is 5.38 Å². The van der Waals surface area contributed by atoms with E-state index >= 15 is 0 Å². The van der Waals surface area contributed by atoms with Gasteiger partial charge in [-0.1, -0.05) is 34.6 Å². The third-order valence-corrected chi connectivity index (χ3v) is 4.31. The molecule has 0 spiro atoms. The fraction of sp³-hybridized carbons (Fsp3) is 0.917. The van der Waals surface area contributed by atoms with Crippen LogP contribution in [0.3, 0.4) is 0 Å². The zero-order chi connectivity index (χ0) is 11.9. The Morgan fingerprint density at radius 1 is 1.53 bits per heavy atom. The molecule has 1 atom stereocenters. The first-order valence-electron chi connectivity index (χ1n) is 5.64. The summed E-state index contributed by atoms with van der Waals surface area (Å²) >= 11 is 6.24. The second-order valence-electron chi connectivity index (χ2n) is 5.88. The predicted molar refractivity (Wildman–Crippen MR) is 64.1 cm³/mol. The fourth-order valence-electron chi connectivity index (χ4n) is 1.83. The largest absolute Gasteiger partial charge is 0.340 e. The molecule has 0 saturated carbocycles. The van der Waals surface area contributed by atoms with E-state index in [2.05, 4.69) is 20.8 Å². The summed E-state index contributed by atoms with van der Waals surface area (Å²) in [7, 11) is 0. The average molecular weight is 232 g/mol. The number of carbonyl (C=O) groups excluding carboxylic acids is 1. The van der Waals surface area contributed by atoms with Gasteiger partial charge in [-0.25, -0.2) is 0 Å². The summed E-state index contributed by atoms with van der Waals surface area (Å²) < 4.78 is 0. The lowest BCUT2D eigenvalue weighted by Crippen LogP contribution is -2.40. The fourth-order valence-corrected chi connectivity index (χ4v) is 2.07. The van der Waals surface area contributed by atoms with Gasteiger partial charge in [-0.2, -0.15) is 0 Å². The standard InChI is InChI=1S/C12H22ClNO/c1-6-11(2,3)10(15)14-7-9(13)12(4,5)8-14/h9H,6-8H2,1-5H3. The second-order valence-corrected chi connectivity index (χ2v) is 6.41. The minimum atomic E-state index is -0.253. The Morgan fingerprint density at radius 3 is 2.40 bits per heavy atom. The highest BCUT2D eigenvalue weighted by Gasteiger charge is 2.43. The Bertz CT molecular complexity index is 260. The van der Waals surface area contributed by atoms with Crippen LogP contribution in [0.5, 0.6) is 0 Å². The number of hydrogen-bond donors (Lipinski definition) is 0. The van der Waals surface area contributed by atoms with Gasteiger partial charge in [0.15, 0.2) is 0 Å². The van der Waals surface area contributed by atoms with Crippen molar-refractivity contribution >= 4 is 17.5 Å². The van der Waals surface area contributed by atoms with Crippen LogP contribution in [0.1, 0.15) is 41.0 Å². The Hall–Kier alpha value is -0.240. The van der Waals surface area contributed by atoms with Crippen LogP contribution in [0.25, 0.3) is 0 Å². The van der Waals surface area contributed by atoms with E-state index < -0.39 is 0 Å². The van der Waals surface area contributed by atoms with Crippen molar-refractivity contribution in [2.75, 3.05) is 13.1 Å². The third kappa shape index (κ3) is 2.47. The molecule has 2 nitrogen and oxygen atoms in total. The lowest BCUT2D eigenvalue weighted by molar-refractivity contribution is -0.139. The minimum Gasteiger partial charge on any atom is -0.340 e. The molecule has 0 aromatic rings. The second kappa shape index (κ2) is 3.97. The molecule has 88 valence electrons. The maximum Gasteiger partial charge on any atom is 0.228 e. The van der Waals surface area contributed by atoms with E-state index in [0.717, 1.165) is 13.0 Å². The molecule has 1 aliphatic heterocycles. The Morgan fingerprint density at radius 2 is 2.07 bits per heavy atom. The quantitative estimate of drug-likeness (QED) is 0.670. The van der Waals surface area contributed by atoms with E-state index in [1.165, 1.54) is 0 Å². The number of amides is 1. The molecule has 0 aliphatic carbocycles. The number of halogens is 1. The molecular weight excluding hydrogens is 210 g/mol. The van der Waals surface area contributed by atoms with Gasteiger partial charge in [0.25, 0.3) is 0 Å². The Balaban J connectivity index is 2.74. The van der Waals surface area contributed by atoms with Crippen LogP contribution in [-0.4, -0.2) is 29.3 Å². The zero-order valence-corrected chi connectivity index (χ0v) is 11.2. The molecular formula is C12H22ClNO. The van der Waals surface area contributed by atoms with Crippen LogP contribution < -0.4 is 0 Å². The van der Waals surface area contributed by atoms with E-state index in [4.69, 9.17) is 11.6 Å². The third-order valence-electron chi connectivity index (χ3n) is 3.58.